The second kappa shape index (κ2) is 25.5. The molecule has 0 fully saturated rings. The van der Waals surface area contributed by atoms with Gasteiger partial charge in [0.25, 0.3) is 0 Å². The Bertz CT molecular complexity index is 1440. The van der Waals surface area contributed by atoms with E-state index < -0.39 is 144 Å². The summed E-state index contributed by atoms with van der Waals surface area (Å²) in [5.41, 5.74) is 5.74. The Morgan fingerprint density at radius 3 is 1.19 bits per heavy atom. The van der Waals surface area contributed by atoms with Gasteiger partial charge in [-0.25, -0.2) is 0 Å². The monoisotopic (exact) mass is 829 g/mol. The summed E-state index contributed by atoms with van der Waals surface area (Å²) in [5.74, 6) is -9.57. The highest BCUT2D eigenvalue weighted by Gasteiger charge is 2.37. The molecule has 0 aliphatic heterocycles. The highest BCUT2D eigenvalue weighted by atomic mass is 16.4. The molecule has 0 unspecified atom stereocenters. The Morgan fingerprint density at radius 1 is 0.466 bits per heavy atom. The number of carboxylic acid groups (broad SMARTS) is 1. The third kappa shape index (κ3) is 17.7. The first-order valence-electron chi connectivity index (χ1n) is 19.5. The van der Waals surface area contributed by atoms with Crippen LogP contribution in [0.2, 0.25) is 0 Å². The SMILES string of the molecule is CC[C@H](C)[C@H](NC(=O)[C@@H](NC(=O)[C@@H](N)[C@@H](C)O)C(C)C)C(=O)N[C@H](C(=O)N[C@H](C(=O)N[C@H](C(=O)NCC(=O)N[C@@H](C)C(=O)NCC(=O)O)[C@@H](C)O)[C@@H](C)CC)C(C)C. The highest BCUT2D eigenvalue weighted by Crippen LogP contribution is 2.14. The Balaban J connectivity index is 6.02. The zero-order valence-electron chi connectivity index (χ0n) is 35.4. The Labute approximate surface area is 339 Å². The number of aliphatic hydroxyl groups is 2. The zero-order chi connectivity index (χ0) is 45.2. The van der Waals surface area contributed by atoms with Crippen LogP contribution in [0.5, 0.6) is 0 Å². The lowest BCUT2D eigenvalue weighted by Crippen LogP contribution is -2.63. The summed E-state index contributed by atoms with van der Waals surface area (Å²) in [6.45, 7) is 16.1. The van der Waals surface area contributed by atoms with Crippen molar-refractivity contribution in [2.75, 3.05) is 13.1 Å². The molecule has 0 heterocycles. The molecule has 0 bridgehead atoms. The lowest BCUT2D eigenvalue weighted by atomic mass is 9.94. The molecule has 58 heavy (non-hydrogen) atoms. The molecule has 13 N–H and O–H groups in total. The quantitative estimate of drug-likeness (QED) is 0.0430. The van der Waals surface area contributed by atoms with Crippen LogP contribution in [0, 0.1) is 23.7 Å². The number of nitrogens with two attached hydrogens (primary N) is 1. The number of hydrogen-bond acceptors (Lipinski definition) is 12. The van der Waals surface area contributed by atoms with Gasteiger partial charge < -0.3 is 63.6 Å². The lowest BCUT2D eigenvalue weighted by Gasteiger charge is -2.32. The molecule has 0 aliphatic carbocycles. The summed E-state index contributed by atoms with van der Waals surface area (Å²) in [6.07, 6.45) is -1.85. The van der Waals surface area contributed by atoms with Gasteiger partial charge in [0, 0.05) is 0 Å². The summed E-state index contributed by atoms with van der Waals surface area (Å²) >= 11 is 0. The van der Waals surface area contributed by atoms with Crippen molar-refractivity contribution in [1.82, 2.24) is 42.5 Å². The third-order valence-corrected chi connectivity index (χ3v) is 9.57. The van der Waals surface area contributed by atoms with Crippen LogP contribution in [0.4, 0.5) is 0 Å². The maximum absolute atomic E-state index is 13.8. The van der Waals surface area contributed by atoms with E-state index in [2.05, 4.69) is 42.5 Å². The van der Waals surface area contributed by atoms with Crippen LogP contribution >= 0.6 is 0 Å². The number of aliphatic carboxylic acids is 1. The molecule has 0 saturated carbocycles. The van der Waals surface area contributed by atoms with Gasteiger partial charge in [-0.15, -0.1) is 0 Å². The molecule has 0 aromatic heterocycles. The average molecular weight is 830 g/mol. The maximum Gasteiger partial charge on any atom is 0.322 e. The lowest BCUT2D eigenvalue weighted by molar-refractivity contribution is -0.138. The van der Waals surface area contributed by atoms with E-state index in [1.807, 2.05) is 0 Å². The molecular formula is C37H67N9O12. The molecular weight excluding hydrogens is 762 g/mol. The minimum atomic E-state index is -1.59. The van der Waals surface area contributed by atoms with Crippen LogP contribution in [0.3, 0.4) is 0 Å². The van der Waals surface area contributed by atoms with Crippen LogP contribution in [-0.4, -0.2) is 136 Å². The third-order valence-electron chi connectivity index (χ3n) is 9.57. The number of amides is 8. The van der Waals surface area contributed by atoms with Gasteiger partial charge in [-0.1, -0.05) is 68.2 Å². The summed E-state index contributed by atoms with van der Waals surface area (Å²) in [6, 6.07) is -8.80. The van der Waals surface area contributed by atoms with E-state index in [0.29, 0.717) is 12.8 Å². The molecule has 21 nitrogen and oxygen atoms in total. The number of hydrogen-bond donors (Lipinski definition) is 12. The van der Waals surface area contributed by atoms with E-state index in [4.69, 9.17) is 10.8 Å². The molecule has 0 aromatic rings. The Kier molecular flexibility index (Phi) is 23.3. The van der Waals surface area contributed by atoms with Gasteiger partial charge in [0.15, 0.2) is 0 Å². The number of nitrogens with one attached hydrogen (secondary N) is 8. The fourth-order valence-electron chi connectivity index (χ4n) is 5.27. The number of carboxylic acids is 1. The van der Waals surface area contributed by atoms with Crippen molar-refractivity contribution in [3.63, 3.8) is 0 Å². The zero-order valence-corrected chi connectivity index (χ0v) is 35.4. The van der Waals surface area contributed by atoms with Crippen LogP contribution in [0.15, 0.2) is 0 Å². The number of carbonyl (C=O) groups is 9. The van der Waals surface area contributed by atoms with Crippen molar-refractivity contribution >= 4 is 53.2 Å². The minimum Gasteiger partial charge on any atom is -0.480 e. The van der Waals surface area contributed by atoms with Crippen LogP contribution < -0.4 is 48.3 Å². The smallest absolute Gasteiger partial charge is 0.322 e. The molecule has 0 saturated heterocycles. The van der Waals surface area contributed by atoms with Crippen LogP contribution in [-0.2, 0) is 43.2 Å². The van der Waals surface area contributed by atoms with Crippen molar-refractivity contribution in [3.8, 4) is 0 Å². The van der Waals surface area contributed by atoms with Crippen molar-refractivity contribution in [1.29, 1.82) is 0 Å². The number of aliphatic hydroxyl groups excluding tert-OH is 2. The first-order valence-corrected chi connectivity index (χ1v) is 19.5. The van der Waals surface area contributed by atoms with Gasteiger partial charge in [-0.05, 0) is 44.4 Å². The predicted octanol–water partition coefficient (Wildman–Crippen LogP) is -3.27. The Hall–Kier alpha value is -4.89. The summed E-state index contributed by atoms with van der Waals surface area (Å²) in [7, 11) is 0. The number of carbonyl (C=O) groups excluding carboxylic acids is 8. The summed E-state index contributed by atoms with van der Waals surface area (Å²) < 4.78 is 0. The van der Waals surface area contributed by atoms with Gasteiger partial charge in [-0.3, -0.25) is 43.2 Å². The topological polar surface area (TPSA) is 337 Å². The minimum absolute atomic E-state index is 0.374. The highest BCUT2D eigenvalue weighted by molar-refractivity contribution is 5.97. The molecule has 8 amide bonds. The standard InChI is InChI=1S/C37H67N9O12/c1-12-18(7)28(44-34(55)26(16(3)4)42-32(53)25(38)21(10)47)36(57)43-27(17(5)6)35(56)45-29(19(8)13-2)37(58)46-30(22(11)48)33(54)39-14-23(49)41-20(9)31(52)40-15-24(50)51/h16-22,25-30,47-48H,12-15,38H2,1-11H3,(H,39,54)(H,40,52)(H,41,49)(H,42,53)(H,43,57)(H,44,55)(H,45,56)(H,46,58)(H,50,51)/t18-,19-,20-,21+,22+,25-,26-,27-,28-,29-,30-/m0/s1. The molecule has 0 rings (SSSR count). The largest absolute Gasteiger partial charge is 0.480 e. The molecule has 21 heteroatoms. The molecule has 0 aromatic carbocycles. The Morgan fingerprint density at radius 2 is 0.828 bits per heavy atom. The molecule has 0 radical (unpaired) electrons. The van der Waals surface area contributed by atoms with E-state index >= 15 is 0 Å². The van der Waals surface area contributed by atoms with E-state index in [9.17, 15) is 53.4 Å². The second-order valence-electron chi connectivity index (χ2n) is 15.3. The maximum atomic E-state index is 13.8. The van der Waals surface area contributed by atoms with Crippen LogP contribution in [0.1, 0.15) is 89.0 Å². The molecule has 332 valence electrons. The normalized spacial score (nSPS) is 17.0. The first-order chi connectivity index (χ1) is 26.8. The van der Waals surface area contributed by atoms with Gasteiger partial charge in [0.05, 0.1) is 18.8 Å². The number of rotatable bonds is 25. The summed E-state index contributed by atoms with van der Waals surface area (Å²) in [5, 5.41) is 48.4. The molecule has 0 aliphatic rings. The van der Waals surface area contributed by atoms with Crippen molar-refractivity contribution in [3.05, 3.63) is 0 Å². The fourth-order valence-corrected chi connectivity index (χ4v) is 5.27. The molecule has 11 atom stereocenters. The summed E-state index contributed by atoms with van der Waals surface area (Å²) in [4.78, 5) is 115. The van der Waals surface area contributed by atoms with E-state index in [1.54, 1.807) is 55.4 Å². The van der Waals surface area contributed by atoms with Crippen LogP contribution in [0.25, 0.3) is 0 Å². The van der Waals surface area contributed by atoms with Gasteiger partial charge in [0.2, 0.25) is 47.3 Å². The van der Waals surface area contributed by atoms with Crippen molar-refractivity contribution < 1.29 is 58.5 Å². The molecule has 0 spiro atoms. The van der Waals surface area contributed by atoms with E-state index in [0.717, 1.165) is 0 Å². The van der Waals surface area contributed by atoms with Gasteiger partial charge in [-0.2, -0.15) is 0 Å². The van der Waals surface area contributed by atoms with Crippen molar-refractivity contribution in [2.24, 2.45) is 29.4 Å². The fraction of sp³-hybridized carbons (Fsp3) is 0.757. The van der Waals surface area contributed by atoms with E-state index in [1.165, 1.54) is 20.8 Å². The van der Waals surface area contributed by atoms with E-state index in [-0.39, 0.29) is 0 Å². The average Bonchev–Trinajstić information content (AvgIpc) is 3.14. The van der Waals surface area contributed by atoms with Crippen molar-refractivity contribution in [2.45, 2.75) is 144 Å². The van der Waals surface area contributed by atoms with Gasteiger partial charge >= 0.3 is 5.97 Å². The predicted molar refractivity (Wildman–Crippen MR) is 211 cm³/mol. The second-order valence-corrected chi connectivity index (χ2v) is 15.3. The van der Waals surface area contributed by atoms with Gasteiger partial charge in [0.1, 0.15) is 48.8 Å². The first kappa shape index (κ1) is 53.1.